The Balaban J connectivity index is 2.30. The summed E-state index contributed by atoms with van der Waals surface area (Å²) in [7, 11) is 0. The predicted octanol–water partition coefficient (Wildman–Crippen LogP) is 2.68. The molecular weight excluding hydrogens is 324 g/mol. The molecule has 0 aliphatic rings. The van der Waals surface area contributed by atoms with Crippen LogP contribution in [0.15, 0.2) is 54.7 Å². The second-order valence-corrected chi connectivity index (χ2v) is 5.84. The van der Waals surface area contributed by atoms with Gasteiger partial charge in [0.1, 0.15) is 11.9 Å². The molecule has 24 heavy (non-hydrogen) atoms. The summed E-state index contributed by atoms with van der Waals surface area (Å²) in [5, 5.41) is 9.37. The van der Waals surface area contributed by atoms with Crippen molar-refractivity contribution in [2.24, 2.45) is 5.92 Å². The lowest BCUT2D eigenvalue weighted by Gasteiger charge is -2.29. The molecule has 2 rings (SSSR count). The molecule has 0 fully saturated rings. The highest BCUT2D eigenvalue weighted by atomic mass is 32.1. The molecule has 1 N–H and O–H groups in total. The molecule has 1 heterocycles. The molecule has 2 aromatic rings. The minimum absolute atomic E-state index is 0.289. The van der Waals surface area contributed by atoms with E-state index in [1.807, 2.05) is 30.3 Å². The van der Waals surface area contributed by atoms with Gasteiger partial charge in [-0.15, -0.1) is 0 Å². The van der Waals surface area contributed by atoms with Crippen molar-refractivity contribution in [3.63, 3.8) is 0 Å². The molecule has 2 atom stereocenters. The number of carbonyl (C=O) groups is 2. The fourth-order valence-corrected chi connectivity index (χ4v) is 2.72. The van der Waals surface area contributed by atoms with E-state index in [2.05, 4.69) is 17.6 Å². The van der Waals surface area contributed by atoms with Crippen molar-refractivity contribution in [3.8, 4) is 0 Å². The second-order valence-electron chi connectivity index (χ2n) is 5.48. The largest absolute Gasteiger partial charge is 0.480 e. The van der Waals surface area contributed by atoms with Gasteiger partial charge in [-0.1, -0.05) is 36.4 Å². The van der Waals surface area contributed by atoms with Gasteiger partial charge in [0.15, 0.2) is 0 Å². The van der Waals surface area contributed by atoms with Crippen molar-refractivity contribution in [2.45, 2.75) is 19.4 Å². The number of hydrogen-bond acceptors (Lipinski definition) is 4. The van der Waals surface area contributed by atoms with E-state index in [1.165, 1.54) is 18.0 Å². The van der Waals surface area contributed by atoms with Crippen LogP contribution in [0.2, 0.25) is 0 Å². The van der Waals surface area contributed by atoms with Crippen molar-refractivity contribution in [1.82, 2.24) is 4.98 Å². The lowest BCUT2D eigenvalue weighted by atomic mass is 9.99. The zero-order chi connectivity index (χ0) is 17.5. The number of carbonyl (C=O) groups excluding carboxylic acids is 1. The van der Waals surface area contributed by atoms with Crippen LogP contribution in [0, 0.1) is 5.92 Å². The normalized spacial score (nSPS) is 13.1. The fourth-order valence-electron chi connectivity index (χ4n) is 2.43. The summed E-state index contributed by atoms with van der Waals surface area (Å²) in [5.74, 6) is -1.14. The van der Waals surface area contributed by atoms with Crippen LogP contribution < -0.4 is 4.90 Å². The Bertz CT molecular complexity index is 679. The molecule has 6 heteroatoms. The van der Waals surface area contributed by atoms with Crippen molar-refractivity contribution < 1.29 is 14.7 Å². The van der Waals surface area contributed by atoms with E-state index < -0.39 is 17.9 Å². The van der Waals surface area contributed by atoms with Crippen LogP contribution in [0.3, 0.4) is 0 Å². The highest BCUT2D eigenvalue weighted by molar-refractivity contribution is 7.80. The Kier molecular flexibility index (Phi) is 6.37. The summed E-state index contributed by atoms with van der Waals surface area (Å²) in [4.78, 5) is 29.8. The number of thiol groups is 1. The highest BCUT2D eigenvalue weighted by Crippen LogP contribution is 2.20. The molecule has 2 unspecified atom stereocenters. The molecule has 0 spiro atoms. The number of carboxylic acid groups (broad SMARTS) is 1. The van der Waals surface area contributed by atoms with Gasteiger partial charge in [0.05, 0.1) is 5.92 Å². The van der Waals surface area contributed by atoms with Crippen LogP contribution >= 0.6 is 12.6 Å². The topological polar surface area (TPSA) is 70.5 Å². The third-order valence-electron chi connectivity index (χ3n) is 3.77. The van der Waals surface area contributed by atoms with E-state index in [1.54, 1.807) is 18.2 Å². The summed E-state index contributed by atoms with van der Waals surface area (Å²) < 4.78 is 0. The van der Waals surface area contributed by atoms with Crippen LogP contribution in [0.5, 0.6) is 0 Å². The van der Waals surface area contributed by atoms with Gasteiger partial charge in [-0.3, -0.25) is 9.69 Å². The number of anilines is 1. The zero-order valence-electron chi connectivity index (χ0n) is 13.4. The van der Waals surface area contributed by atoms with Gasteiger partial charge in [0.2, 0.25) is 5.91 Å². The smallest absolute Gasteiger partial charge is 0.326 e. The maximum atomic E-state index is 13.0. The quantitative estimate of drug-likeness (QED) is 0.758. The highest BCUT2D eigenvalue weighted by Gasteiger charge is 2.32. The molecule has 0 aliphatic heterocycles. The van der Waals surface area contributed by atoms with Gasteiger partial charge in [-0.05, 0) is 31.0 Å². The number of amides is 1. The zero-order valence-corrected chi connectivity index (χ0v) is 14.3. The van der Waals surface area contributed by atoms with Crippen LogP contribution in [-0.2, 0) is 16.0 Å². The third kappa shape index (κ3) is 4.35. The summed E-state index contributed by atoms with van der Waals surface area (Å²) in [6.45, 7) is 1.48. The first-order valence-corrected chi connectivity index (χ1v) is 8.29. The van der Waals surface area contributed by atoms with Gasteiger partial charge in [0.25, 0.3) is 0 Å². The minimum Gasteiger partial charge on any atom is -0.480 e. The van der Waals surface area contributed by atoms with Crippen LogP contribution in [0.4, 0.5) is 5.82 Å². The van der Waals surface area contributed by atoms with Gasteiger partial charge < -0.3 is 5.11 Å². The van der Waals surface area contributed by atoms with Crippen molar-refractivity contribution >= 4 is 30.3 Å². The molecule has 1 aromatic carbocycles. The Morgan fingerprint density at radius 3 is 2.38 bits per heavy atom. The third-order valence-corrected chi connectivity index (χ3v) is 4.21. The molecule has 5 nitrogen and oxygen atoms in total. The number of hydrogen-bond donors (Lipinski definition) is 2. The maximum absolute atomic E-state index is 13.0. The first-order valence-electron chi connectivity index (χ1n) is 7.66. The van der Waals surface area contributed by atoms with Crippen LogP contribution in [0.1, 0.15) is 12.5 Å². The standard InChI is InChI=1S/C18H20N2O3S/c1-13(18(22)23)20(16-9-5-6-10-19-16)17(21)15(12-24)11-14-7-3-2-4-8-14/h2-10,13,15,24H,11-12H2,1H3,(H,22,23). The summed E-state index contributed by atoms with van der Waals surface area (Å²) in [6, 6.07) is 13.7. The average molecular weight is 344 g/mol. The lowest BCUT2D eigenvalue weighted by Crippen LogP contribution is -2.47. The lowest BCUT2D eigenvalue weighted by molar-refractivity contribution is -0.140. The average Bonchev–Trinajstić information content (AvgIpc) is 2.61. The van der Waals surface area contributed by atoms with E-state index in [-0.39, 0.29) is 5.91 Å². The summed E-state index contributed by atoms with van der Waals surface area (Å²) >= 11 is 4.30. The molecule has 0 bridgehead atoms. The molecule has 1 aromatic heterocycles. The SMILES string of the molecule is CC(C(=O)O)N(C(=O)C(CS)Cc1ccccc1)c1ccccn1. The van der Waals surface area contributed by atoms with Crippen LogP contribution in [-0.4, -0.2) is 33.8 Å². The molecule has 126 valence electrons. The number of rotatable bonds is 7. The number of nitrogens with zero attached hydrogens (tertiary/aromatic N) is 2. The summed E-state index contributed by atoms with van der Waals surface area (Å²) in [6.07, 6.45) is 2.04. The summed E-state index contributed by atoms with van der Waals surface area (Å²) in [5.41, 5.74) is 1.01. The van der Waals surface area contributed by atoms with E-state index in [9.17, 15) is 14.7 Å². The molecule has 0 saturated carbocycles. The number of benzene rings is 1. The van der Waals surface area contributed by atoms with Gasteiger partial charge in [0, 0.05) is 11.9 Å². The van der Waals surface area contributed by atoms with Crippen molar-refractivity contribution in [1.29, 1.82) is 0 Å². The first-order chi connectivity index (χ1) is 11.5. The first kappa shape index (κ1) is 18.0. The van der Waals surface area contributed by atoms with Crippen molar-refractivity contribution in [3.05, 3.63) is 60.3 Å². The van der Waals surface area contributed by atoms with Crippen LogP contribution in [0.25, 0.3) is 0 Å². The molecule has 0 aliphatic carbocycles. The second kappa shape index (κ2) is 8.49. The molecule has 1 amide bonds. The van der Waals surface area contributed by atoms with Gasteiger partial charge in [-0.2, -0.15) is 12.6 Å². The van der Waals surface area contributed by atoms with Gasteiger partial charge >= 0.3 is 5.97 Å². The number of aliphatic carboxylic acids is 1. The monoisotopic (exact) mass is 344 g/mol. The van der Waals surface area contributed by atoms with E-state index in [4.69, 9.17) is 0 Å². The molecule has 0 saturated heterocycles. The van der Waals surface area contributed by atoms with E-state index in [0.717, 1.165) is 5.56 Å². The number of pyridine rings is 1. The Morgan fingerprint density at radius 2 is 1.83 bits per heavy atom. The Hall–Kier alpha value is -2.34. The van der Waals surface area contributed by atoms with Crippen molar-refractivity contribution in [2.75, 3.05) is 10.7 Å². The number of carboxylic acids is 1. The number of aromatic nitrogens is 1. The maximum Gasteiger partial charge on any atom is 0.326 e. The molecule has 0 radical (unpaired) electrons. The Labute approximate surface area is 146 Å². The van der Waals surface area contributed by atoms with E-state index in [0.29, 0.717) is 18.0 Å². The van der Waals surface area contributed by atoms with E-state index >= 15 is 0 Å². The fraction of sp³-hybridized carbons (Fsp3) is 0.278. The minimum atomic E-state index is -1.08. The van der Waals surface area contributed by atoms with Gasteiger partial charge in [-0.25, -0.2) is 9.78 Å². The molecular formula is C18H20N2O3S. The Morgan fingerprint density at radius 1 is 1.17 bits per heavy atom. The predicted molar refractivity (Wildman–Crippen MR) is 96.3 cm³/mol.